The van der Waals surface area contributed by atoms with E-state index in [1.807, 2.05) is 32.0 Å². The molecule has 5 nitrogen and oxygen atoms in total. The van der Waals surface area contributed by atoms with Crippen LogP contribution in [0.1, 0.15) is 23.0 Å². The van der Waals surface area contributed by atoms with Crippen molar-refractivity contribution >= 4 is 29.9 Å². The van der Waals surface area contributed by atoms with Crippen molar-refractivity contribution in [2.75, 3.05) is 13.1 Å². The van der Waals surface area contributed by atoms with Crippen LogP contribution in [0.2, 0.25) is 5.02 Å². The Morgan fingerprint density at radius 2 is 2.14 bits per heavy atom. The van der Waals surface area contributed by atoms with E-state index in [1.165, 1.54) is 0 Å². The van der Waals surface area contributed by atoms with Gasteiger partial charge in [-0.3, -0.25) is 4.79 Å². The summed E-state index contributed by atoms with van der Waals surface area (Å²) in [4.78, 5) is 12.2. The van der Waals surface area contributed by atoms with Crippen LogP contribution in [0.4, 0.5) is 0 Å². The monoisotopic (exact) mass is 342 g/mol. The highest BCUT2D eigenvalue weighted by Crippen LogP contribution is 2.21. The number of carbonyl (C=O) groups is 1. The third-order valence-corrected chi connectivity index (χ3v) is 3.67. The fourth-order valence-corrected chi connectivity index (χ4v) is 2.16. The molecule has 0 saturated carbocycles. The second-order valence-electron chi connectivity index (χ2n) is 5.06. The first-order valence-corrected chi connectivity index (χ1v) is 7.20. The Labute approximate surface area is 141 Å². The van der Waals surface area contributed by atoms with Crippen LogP contribution in [0.5, 0.6) is 0 Å². The lowest BCUT2D eigenvalue weighted by atomic mass is 10.1. The van der Waals surface area contributed by atoms with E-state index in [-0.39, 0.29) is 24.2 Å². The van der Waals surface area contributed by atoms with Crippen LogP contribution in [-0.4, -0.2) is 28.8 Å². The zero-order chi connectivity index (χ0) is 15.4. The average molecular weight is 343 g/mol. The van der Waals surface area contributed by atoms with Crippen molar-refractivity contribution in [3.05, 3.63) is 46.7 Å². The van der Waals surface area contributed by atoms with E-state index in [4.69, 9.17) is 17.3 Å². The first-order valence-electron chi connectivity index (χ1n) is 6.82. The Morgan fingerprint density at radius 1 is 1.45 bits per heavy atom. The molecule has 120 valence electrons. The van der Waals surface area contributed by atoms with Crippen LogP contribution in [0.25, 0.3) is 5.69 Å². The summed E-state index contributed by atoms with van der Waals surface area (Å²) in [5, 5.41) is 7.72. The molecule has 2 aromatic rings. The van der Waals surface area contributed by atoms with Gasteiger partial charge in [-0.2, -0.15) is 5.10 Å². The van der Waals surface area contributed by atoms with Gasteiger partial charge in [-0.25, -0.2) is 4.68 Å². The lowest BCUT2D eigenvalue weighted by Crippen LogP contribution is -2.31. The van der Waals surface area contributed by atoms with Crippen LogP contribution in [0.15, 0.2) is 30.5 Å². The molecule has 1 aromatic carbocycles. The number of nitrogens with two attached hydrogens (primary N) is 1. The predicted molar refractivity (Wildman–Crippen MR) is 91.1 cm³/mol. The number of amides is 1. The fourth-order valence-electron chi connectivity index (χ4n) is 1.94. The molecular formula is C15H20Cl2N4O. The smallest absolute Gasteiger partial charge is 0.254 e. The molecular weight excluding hydrogens is 323 g/mol. The molecule has 1 amide bonds. The van der Waals surface area contributed by atoms with Gasteiger partial charge in [-0.05, 0) is 31.5 Å². The number of aromatic nitrogens is 2. The summed E-state index contributed by atoms with van der Waals surface area (Å²) in [6.07, 6.45) is 1.56. The van der Waals surface area contributed by atoms with E-state index >= 15 is 0 Å². The number of nitrogens with zero attached hydrogens (tertiary/aromatic N) is 2. The highest BCUT2D eigenvalue weighted by molar-refractivity contribution is 6.32. The first kappa shape index (κ1) is 18.5. The van der Waals surface area contributed by atoms with E-state index in [2.05, 4.69) is 10.4 Å². The standard InChI is InChI=1S/C15H19ClN4O.ClH/c1-10(7-17)8-18-15(21)12-9-19-20(11(12)2)14-6-4-3-5-13(14)16;/h3-6,9-10H,7-8,17H2,1-2H3,(H,18,21);1H. The van der Waals surface area contributed by atoms with Crippen molar-refractivity contribution in [3.8, 4) is 5.69 Å². The zero-order valence-corrected chi connectivity index (χ0v) is 14.1. The van der Waals surface area contributed by atoms with Crippen LogP contribution in [0.3, 0.4) is 0 Å². The van der Waals surface area contributed by atoms with E-state index < -0.39 is 0 Å². The molecule has 2 rings (SSSR count). The largest absolute Gasteiger partial charge is 0.352 e. The molecule has 7 heteroatoms. The number of para-hydroxylation sites is 1. The molecule has 1 atom stereocenters. The number of benzene rings is 1. The normalized spacial score (nSPS) is 11.6. The molecule has 0 aliphatic carbocycles. The first-order chi connectivity index (χ1) is 10.0. The maximum atomic E-state index is 12.2. The van der Waals surface area contributed by atoms with Crippen LogP contribution >= 0.6 is 24.0 Å². The Bertz CT molecular complexity index is 642. The van der Waals surface area contributed by atoms with Crippen molar-refractivity contribution in [1.82, 2.24) is 15.1 Å². The summed E-state index contributed by atoms with van der Waals surface area (Å²) in [5.74, 6) is 0.0963. The van der Waals surface area contributed by atoms with Crippen molar-refractivity contribution in [1.29, 1.82) is 0 Å². The number of halogens is 2. The number of carbonyl (C=O) groups excluding carboxylic acids is 1. The summed E-state index contributed by atoms with van der Waals surface area (Å²) in [5.41, 5.74) is 7.59. The quantitative estimate of drug-likeness (QED) is 0.876. The molecule has 0 radical (unpaired) electrons. The average Bonchev–Trinajstić information content (AvgIpc) is 2.86. The number of rotatable bonds is 5. The Balaban J connectivity index is 0.00000242. The number of hydrogen-bond acceptors (Lipinski definition) is 3. The van der Waals surface area contributed by atoms with Crippen LogP contribution in [-0.2, 0) is 0 Å². The minimum absolute atomic E-state index is 0. The van der Waals surface area contributed by atoms with Gasteiger partial charge in [0.2, 0.25) is 0 Å². The molecule has 0 aliphatic rings. The van der Waals surface area contributed by atoms with Gasteiger partial charge >= 0.3 is 0 Å². The minimum Gasteiger partial charge on any atom is -0.352 e. The van der Waals surface area contributed by atoms with Crippen LogP contribution < -0.4 is 11.1 Å². The van der Waals surface area contributed by atoms with Gasteiger partial charge < -0.3 is 11.1 Å². The molecule has 0 fully saturated rings. The van der Waals surface area contributed by atoms with E-state index in [1.54, 1.807) is 16.9 Å². The third-order valence-electron chi connectivity index (χ3n) is 3.35. The van der Waals surface area contributed by atoms with Gasteiger partial charge in [0.15, 0.2) is 0 Å². The molecule has 0 aliphatic heterocycles. The van der Waals surface area contributed by atoms with Gasteiger partial charge in [0.1, 0.15) is 0 Å². The molecule has 0 spiro atoms. The minimum atomic E-state index is -0.147. The second kappa shape index (κ2) is 8.17. The Morgan fingerprint density at radius 3 is 2.77 bits per heavy atom. The maximum absolute atomic E-state index is 12.2. The summed E-state index contributed by atoms with van der Waals surface area (Å²) in [6, 6.07) is 7.39. The summed E-state index contributed by atoms with van der Waals surface area (Å²) in [6.45, 7) is 4.92. The second-order valence-corrected chi connectivity index (χ2v) is 5.46. The van der Waals surface area contributed by atoms with E-state index in [0.29, 0.717) is 23.7 Å². The third kappa shape index (κ3) is 4.00. The maximum Gasteiger partial charge on any atom is 0.254 e. The number of nitrogens with one attached hydrogen (secondary N) is 1. The fraction of sp³-hybridized carbons (Fsp3) is 0.333. The van der Waals surface area contributed by atoms with Crippen molar-refractivity contribution in [3.63, 3.8) is 0 Å². The lowest BCUT2D eigenvalue weighted by Gasteiger charge is -2.10. The molecule has 0 bridgehead atoms. The molecule has 1 heterocycles. The van der Waals surface area contributed by atoms with Gasteiger partial charge in [0, 0.05) is 6.54 Å². The molecule has 22 heavy (non-hydrogen) atoms. The SMILES string of the molecule is Cc1c(C(=O)NCC(C)CN)cnn1-c1ccccc1Cl.Cl. The van der Waals surface area contributed by atoms with Gasteiger partial charge in [0.25, 0.3) is 5.91 Å². The van der Waals surface area contributed by atoms with Crippen molar-refractivity contribution in [2.45, 2.75) is 13.8 Å². The van der Waals surface area contributed by atoms with Gasteiger partial charge in [-0.15, -0.1) is 12.4 Å². The molecule has 3 N–H and O–H groups in total. The topological polar surface area (TPSA) is 72.9 Å². The molecule has 1 aromatic heterocycles. The Hall–Kier alpha value is -1.56. The van der Waals surface area contributed by atoms with Crippen LogP contribution in [0, 0.1) is 12.8 Å². The van der Waals surface area contributed by atoms with E-state index in [0.717, 1.165) is 11.4 Å². The highest BCUT2D eigenvalue weighted by Gasteiger charge is 2.16. The van der Waals surface area contributed by atoms with Gasteiger partial charge in [-0.1, -0.05) is 30.7 Å². The summed E-state index contributed by atoms with van der Waals surface area (Å²) >= 11 is 6.17. The van der Waals surface area contributed by atoms with E-state index in [9.17, 15) is 4.79 Å². The molecule has 1 unspecified atom stereocenters. The van der Waals surface area contributed by atoms with Crippen molar-refractivity contribution in [2.24, 2.45) is 11.7 Å². The number of hydrogen-bond donors (Lipinski definition) is 2. The van der Waals surface area contributed by atoms with Gasteiger partial charge in [0.05, 0.1) is 28.2 Å². The lowest BCUT2D eigenvalue weighted by molar-refractivity contribution is 0.0948. The summed E-state index contributed by atoms with van der Waals surface area (Å²) < 4.78 is 1.67. The highest BCUT2D eigenvalue weighted by atomic mass is 35.5. The zero-order valence-electron chi connectivity index (χ0n) is 12.5. The predicted octanol–water partition coefficient (Wildman–Crippen LogP) is 2.58. The molecule has 0 saturated heterocycles. The summed E-state index contributed by atoms with van der Waals surface area (Å²) in [7, 11) is 0. The van der Waals surface area contributed by atoms with Crippen molar-refractivity contribution < 1.29 is 4.79 Å². The Kier molecular flexibility index (Phi) is 6.87.